The van der Waals surface area contributed by atoms with Gasteiger partial charge in [-0.05, 0) is 55.8 Å². The molecule has 1 atom stereocenters. The fraction of sp³-hybridized carbons (Fsp3) is 0.333. The first kappa shape index (κ1) is 23.7. The fourth-order valence-corrected chi connectivity index (χ4v) is 4.16. The van der Waals surface area contributed by atoms with Crippen molar-refractivity contribution in [1.82, 2.24) is 4.98 Å². The highest BCUT2D eigenvalue weighted by Crippen LogP contribution is 2.29. The molecule has 0 spiro atoms. The van der Waals surface area contributed by atoms with Crippen molar-refractivity contribution >= 4 is 17.3 Å². The highest BCUT2D eigenvalue weighted by atomic mass is 32.1. The number of aryl methyl sites for hydroxylation is 1. The number of carboxylic acid groups (broad SMARTS) is 1. The highest BCUT2D eigenvalue weighted by Gasteiger charge is 2.19. The molecule has 1 aromatic heterocycles. The van der Waals surface area contributed by atoms with Gasteiger partial charge in [0.25, 0.3) is 0 Å². The molecule has 1 N–H and O–H groups in total. The molecule has 2 aromatic carbocycles. The average molecular weight is 460 g/mol. The largest absolute Gasteiger partial charge is 0.497 e. The summed E-state index contributed by atoms with van der Waals surface area (Å²) in [5.41, 5.74) is 2.47. The Bertz CT molecular complexity index is 1050. The van der Waals surface area contributed by atoms with Gasteiger partial charge < -0.3 is 19.3 Å². The van der Waals surface area contributed by atoms with Crippen molar-refractivity contribution in [1.29, 1.82) is 0 Å². The van der Waals surface area contributed by atoms with Gasteiger partial charge in [0.05, 0.1) is 19.4 Å². The molecule has 0 fully saturated rings. The van der Waals surface area contributed by atoms with Gasteiger partial charge in [0.15, 0.2) is 17.7 Å². The molecule has 6 nitrogen and oxygen atoms in total. The summed E-state index contributed by atoms with van der Waals surface area (Å²) in [5.74, 6) is -0.683. The van der Waals surface area contributed by atoms with E-state index >= 15 is 0 Å². The van der Waals surface area contributed by atoms with Crippen molar-refractivity contribution in [2.24, 2.45) is 0 Å². The Morgan fingerprint density at radius 1 is 1.22 bits per heavy atom. The SMILES string of the molecule is CCOC(Cc1ccc(OCCc2nc(-c3ccc(OC)cc3)sc2C)c(F)c1)C(=O)O. The molecule has 0 bridgehead atoms. The number of methoxy groups -OCH3 is 1. The van der Waals surface area contributed by atoms with Crippen molar-refractivity contribution in [2.75, 3.05) is 20.3 Å². The number of halogens is 1. The van der Waals surface area contributed by atoms with Crippen LogP contribution < -0.4 is 9.47 Å². The zero-order chi connectivity index (χ0) is 23.1. The van der Waals surface area contributed by atoms with Crippen LogP contribution in [0.4, 0.5) is 4.39 Å². The van der Waals surface area contributed by atoms with Gasteiger partial charge in [-0.25, -0.2) is 14.2 Å². The summed E-state index contributed by atoms with van der Waals surface area (Å²) in [4.78, 5) is 17.0. The predicted octanol–water partition coefficient (Wildman–Crippen LogP) is 4.92. The van der Waals surface area contributed by atoms with Gasteiger partial charge in [-0.2, -0.15) is 0 Å². The van der Waals surface area contributed by atoms with E-state index in [1.54, 1.807) is 31.4 Å². The van der Waals surface area contributed by atoms with Crippen LogP contribution in [0.25, 0.3) is 10.6 Å². The Hall–Kier alpha value is -2.97. The van der Waals surface area contributed by atoms with Crippen molar-refractivity contribution in [3.8, 4) is 22.1 Å². The molecular formula is C24H26FNO5S. The Morgan fingerprint density at radius 2 is 1.97 bits per heavy atom. The van der Waals surface area contributed by atoms with Crippen LogP contribution in [0.15, 0.2) is 42.5 Å². The maximum atomic E-state index is 14.4. The first-order valence-electron chi connectivity index (χ1n) is 10.3. The third kappa shape index (κ3) is 6.05. The van der Waals surface area contributed by atoms with E-state index in [0.29, 0.717) is 12.0 Å². The summed E-state index contributed by atoms with van der Waals surface area (Å²) in [5, 5.41) is 10.1. The van der Waals surface area contributed by atoms with Crippen LogP contribution in [0.5, 0.6) is 11.5 Å². The number of hydrogen-bond donors (Lipinski definition) is 1. The number of carbonyl (C=O) groups is 1. The quantitative estimate of drug-likeness (QED) is 0.439. The first-order valence-corrected chi connectivity index (χ1v) is 11.1. The second-order valence-electron chi connectivity index (χ2n) is 7.10. The second kappa shape index (κ2) is 11.1. The van der Waals surface area contributed by atoms with Crippen molar-refractivity contribution < 1.29 is 28.5 Å². The molecule has 0 amide bonds. The van der Waals surface area contributed by atoms with Crippen LogP contribution in [0, 0.1) is 12.7 Å². The van der Waals surface area contributed by atoms with Gasteiger partial charge in [-0.1, -0.05) is 6.07 Å². The van der Waals surface area contributed by atoms with Crippen LogP contribution >= 0.6 is 11.3 Å². The summed E-state index contributed by atoms with van der Waals surface area (Å²) in [6.45, 7) is 4.28. The van der Waals surface area contributed by atoms with Crippen molar-refractivity contribution in [2.45, 2.75) is 32.8 Å². The molecule has 1 unspecified atom stereocenters. The van der Waals surface area contributed by atoms with E-state index in [-0.39, 0.29) is 25.4 Å². The van der Waals surface area contributed by atoms with E-state index < -0.39 is 17.9 Å². The van der Waals surface area contributed by atoms with Crippen molar-refractivity contribution in [3.63, 3.8) is 0 Å². The number of ether oxygens (including phenoxy) is 3. The average Bonchev–Trinajstić information content (AvgIpc) is 3.15. The minimum absolute atomic E-state index is 0.0898. The van der Waals surface area contributed by atoms with Crippen LogP contribution in [-0.2, 0) is 22.4 Å². The lowest BCUT2D eigenvalue weighted by atomic mass is 10.1. The molecule has 3 aromatic rings. The van der Waals surface area contributed by atoms with Gasteiger partial charge in [0.1, 0.15) is 10.8 Å². The molecular weight excluding hydrogens is 433 g/mol. The number of nitrogens with zero attached hydrogens (tertiary/aromatic N) is 1. The molecule has 170 valence electrons. The fourth-order valence-electron chi connectivity index (χ4n) is 3.20. The lowest BCUT2D eigenvalue weighted by Crippen LogP contribution is -2.26. The first-order chi connectivity index (χ1) is 15.4. The van der Waals surface area contributed by atoms with Crippen LogP contribution in [-0.4, -0.2) is 42.5 Å². The zero-order valence-electron chi connectivity index (χ0n) is 18.3. The van der Waals surface area contributed by atoms with E-state index in [0.717, 1.165) is 26.9 Å². The molecule has 0 radical (unpaired) electrons. The smallest absolute Gasteiger partial charge is 0.333 e. The van der Waals surface area contributed by atoms with Crippen LogP contribution in [0.3, 0.4) is 0 Å². The van der Waals surface area contributed by atoms with Gasteiger partial charge in [-0.3, -0.25) is 0 Å². The Morgan fingerprint density at radius 3 is 2.59 bits per heavy atom. The molecule has 3 rings (SSSR count). The lowest BCUT2D eigenvalue weighted by Gasteiger charge is -2.13. The Kier molecular flexibility index (Phi) is 8.19. The highest BCUT2D eigenvalue weighted by molar-refractivity contribution is 7.15. The predicted molar refractivity (Wildman–Crippen MR) is 121 cm³/mol. The molecule has 32 heavy (non-hydrogen) atoms. The van der Waals surface area contributed by atoms with Gasteiger partial charge in [0.2, 0.25) is 0 Å². The number of aliphatic carboxylic acids is 1. The minimum Gasteiger partial charge on any atom is -0.497 e. The number of aromatic nitrogens is 1. The van der Waals surface area contributed by atoms with E-state index in [4.69, 9.17) is 19.2 Å². The number of rotatable bonds is 11. The maximum Gasteiger partial charge on any atom is 0.333 e. The normalized spacial score (nSPS) is 11.9. The number of benzene rings is 2. The third-order valence-corrected chi connectivity index (χ3v) is 5.95. The number of hydrogen-bond acceptors (Lipinski definition) is 6. The minimum atomic E-state index is -1.07. The molecule has 1 heterocycles. The van der Waals surface area contributed by atoms with E-state index in [1.165, 1.54) is 12.1 Å². The van der Waals surface area contributed by atoms with Gasteiger partial charge in [-0.15, -0.1) is 11.3 Å². The van der Waals surface area contributed by atoms with Gasteiger partial charge in [0, 0.05) is 29.9 Å². The molecule has 0 saturated heterocycles. The molecule has 0 aliphatic carbocycles. The molecule has 0 aliphatic heterocycles. The summed E-state index contributed by atoms with van der Waals surface area (Å²) < 4.78 is 30.4. The summed E-state index contributed by atoms with van der Waals surface area (Å²) in [6, 6.07) is 12.2. The number of thiazole rings is 1. The number of carboxylic acids is 1. The Balaban J connectivity index is 1.59. The van der Waals surface area contributed by atoms with E-state index in [9.17, 15) is 14.3 Å². The summed E-state index contributed by atoms with van der Waals surface area (Å²) >= 11 is 1.60. The van der Waals surface area contributed by atoms with E-state index in [2.05, 4.69) is 0 Å². The second-order valence-corrected chi connectivity index (χ2v) is 8.30. The summed E-state index contributed by atoms with van der Waals surface area (Å²) in [7, 11) is 1.63. The van der Waals surface area contributed by atoms with Crippen LogP contribution in [0.1, 0.15) is 23.1 Å². The maximum absolute atomic E-state index is 14.4. The monoisotopic (exact) mass is 459 g/mol. The lowest BCUT2D eigenvalue weighted by molar-refractivity contribution is -0.149. The molecule has 8 heteroatoms. The molecule has 0 saturated carbocycles. The topological polar surface area (TPSA) is 77.9 Å². The standard InChI is InChI=1S/C24H26FNO5S/c1-4-30-22(24(27)28)14-16-5-10-21(19(25)13-16)31-12-11-20-15(2)32-23(26-20)17-6-8-18(29-3)9-7-17/h5-10,13,22H,4,11-12,14H2,1-3H3,(H,27,28). The third-order valence-electron chi connectivity index (χ3n) is 4.89. The Labute approximate surface area is 190 Å². The van der Waals surface area contributed by atoms with E-state index in [1.807, 2.05) is 31.2 Å². The van der Waals surface area contributed by atoms with Gasteiger partial charge >= 0.3 is 5.97 Å². The van der Waals surface area contributed by atoms with Crippen LogP contribution in [0.2, 0.25) is 0 Å². The molecule has 0 aliphatic rings. The zero-order valence-corrected chi connectivity index (χ0v) is 19.1. The summed E-state index contributed by atoms with van der Waals surface area (Å²) in [6.07, 6.45) is -0.365. The van der Waals surface area contributed by atoms with Crippen molar-refractivity contribution in [3.05, 3.63) is 64.4 Å².